The monoisotopic (exact) mass is 254 g/mol. The molecular formula is C12H14O6. The third-order valence-electron chi connectivity index (χ3n) is 1.91. The summed E-state index contributed by atoms with van der Waals surface area (Å²) in [7, 11) is 0. The molecule has 0 aliphatic carbocycles. The molecule has 0 saturated carbocycles. The van der Waals surface area contributed by atoms with E-state index in [1.165, 1.54) is 18.2 Å². The molecule has 0 fully saturated rings. The second-order valence-corrected chi connectivity index (χ2v) is 3.41. The first-order valence-electron chi connectivity index (χ1n) is 5.12. The Hall–Kier alpha value is -2.37. The number of carboxylic acid groups (broad SMARTS) is 3. The molecule has 0 aromatic heterocycles. The third-order valence-corrected chi connectivity index (χ3v) is 1.91. The first-order chi connectivity index (χ1) is 8.41. The summed E-state index contributed by atoms with van der Waals surface area (Å²) in [6.07, 6.45) is 7.71. The largest absolute Gasteiger partial charge is 0.478 e. The molecular weight excluding hydrogens is 240 g/mol. The van der Waals surface area contributed by atoms with Crippen LogP contribution in [-0.2, 0) is 14.4 Å². The van der Waals surface area contributed by atoms with E-state index in [1.807, 2.05) is 0 Å². The fourth-order valence-electron chi connectivity index (χ4n) is 1.16. The highest BCUT2D eigenvalue weighted by Crippen LogP contribution is 2.12. The Bertz CT molecular complexity index is 365. The quantitative estimate of drug-likeness (QED) is 0.563. The Morgan fingerprint density at radius 2 is 1.17 bits per heavy atom. The smallest absolute Gasteiger partial charge is 0.327 e. The van der Waals surface area contributed by atoms with Crippen LogP contribution in [0.4, 0.5) is 0 Å². The van der Waals surface area contributed by atoms with Gasteiger partial charge in [0, 0.05) is 18.2 Å². The zero-order valence-corrected chi connectivity index (χ0v) is 9.52. The van der Waals surface area contributed by atoms with E-state index in [4.69, 9.17) is 15.3 Å². The van der Waals surface area contributed by atoms with E-state index in [0.717, 1.165) is 18.2 Å². The highest BCUT2D eigenvalue weighted by atomic mass is 16.4. The number of hydrogen-bond acceptors (Lipinski definition) is 3. The van der Waals surface area contributed by atoms with Crippen molar-refractivity contribution in [1.29, 1.82) is 0 Å². The summed E-state index contributed by atoms with van der Waals surface area (Å²) >= 11 is 0. The molecule has 6 heteroatoms. The zero-order chi connectivity index (χ0) is 14.0. The maximum atomic E-state index is 10.4. The molecule has 0 atom stereocenters. The highest BCUT2D eigenvalue weighted by Gasteiger charge is 2.02. The molecule has 6 nitrogen and oxygen atoms in total. The van der Waals surface area contributed by atoms with Gasteiger partial charge < -0.3 is 15.3 Å². The van der Waals surface area contributed by atoms with Gasteiger partial charge in [0.25, 0.3) is 0 Å². The van der Waals surface area contributed by atoms with E-state index in [9.17, 15) is 14.4 Å². The number of hydrogen-bond donors (Lipinski definition) is 3. The topological polar surface area (TPSA) is 112 Å². The molecule has 18 heavy (non-hydrogen) atoms. The van der Waals surface area contributed by atoms with Crippen LogP contribution in [0.3, 0.4) is 0 Å². The van der Waals surface area contributed by atoms with Crippen LogP contribution >= 0.6 is 0 Å². The van der Waals surface area contributed by atoms with Crippen molar-refractivity contribution < 1.29 is 29.7 Å². The Labute approximate surface area is 104 Å². The standard InChI is InChI=1S/C12H14O6/c13-10(14)5-1-3-9(7-8-12(17)18)4-2-6-11(15)16/h1-2,5-9H,3-4H2,(H,13,14)(H,15,16)(H,17,18). The van der Waals surface area contributed by atoms with Crippen molar-refractivity contribution in [2.45, 2.75) is 12.8 Å². The second-order valence-electron chi connectivity index (χ2n) is 3.41. The van der Waals surface area contributed by atoms with Gasteiger partial charge in [-0.2, -0.15) is 0 Å². The number of carboxylic acids is 3. The summed E-state index contributed by atoms with van der Waals surface area (Å²) in [6, 6.07) is 0. The number of allylic oxidation sites excluding steroid dienone is 3. The van der Waals surface area contributed by atoms with Gasteiger partial charge in [-0.25, -0.2) is 14.4 Å². The van der Waals surface area contributed by atoms with Gasteiger partial charge in [-0.1, -0.05) is 18.2 Å². The molecule has 0 spiro atoms. The molecule has 0 bridgehead atoms. The van der Waals surface area contributed by atoms with Crippen molar-refractivity contribution in [1.82, 2.24) is 0 Å². The van der Waals surface area contributed by atoms with Crippen molar-refractivity contribution >= 4 is 17.9 Å². The summed E-state index contributed by atoms with van der Waals surface area (Å²) in [6.45, 7) is 0. The maximum Gasteiger partial charge on any atom is 0.327 e. The van der Waals surface area contributed by atoms with Gasteiger partial charge in [-0.3, -0.25) is 0 Å². The number of aliphatic carboxylic acids is 3. The molecule has 0 heterocycles. The molecule has 0 unspecified atom stereocenters. The molecule has 0 aromatic carbocycles. The van der Waals surface area contributed by atoms with Crippen LogP contribution in [0.15, 0.2) is 36.5 Å². The van der Waals surface area contributed by atoms with E-state index < -0.39 is 17.9 Å². The Morgan fingerprint density at radius 1 is 0.778 bits per heavy atom. The van der Waals surface area contributed by atoms with E-state index in [0.29, 0.717) is 12.8 Å². The van der Waals surface area contributed by atoms with Gasteiger partial charge >= 0.3 is 17.9 Å². The molecule has 0 aromatic rings. The Morgan fingerprint density at radius 3 is 1.50 bits per heavy atom. The van der Waals surface area contributed by atoms with Gasteiger partial charge in [0.05, 0.1) is 0 Å². The third kappa shape index (κ3) is 10.2. The molecule has 3 N–H and O–H groups in total. The molecule has 0 aliphatic rings. The van der Waals surface area contributed by atoms with Gasteiger partial charge in [0.2, 0.25) is 0 Å². The van der Waals surface area contributed by atoms with Gasteiger partial charge in [-0.05, 0) is 18.8 Å². The van der Waals surface area contributed by atoms with E-state index >= 15 is 0 Å². The molecule has 0 aliphatic heterocycles. The maximum absolute atomic E-state index is 10.4. The average Bonchev–Trinajstić information content (AvgIpc) is 2.24. The molecule has 0 rings (SSSR count). The summed E-state index contributed by atoms with van der Waals surface area (Å²) in [5, 5.41) is 25.3. The lowest BCUT2D eigenvalue weighted by Gasteiger charge is -2.05. The average molecular weight is 254 g/mol. The van der Waals surface area contributed by atoms with Crippen LogP contribution in [-0.4, -0.2) is 33.2 Å². The first kappa shape index (κ1) is 15.6. The lowest BCUT2D eigenvalue weighted by molar-refractivity contribution is -0.132. The Kier molecular flexibility index (Phi) is 7.59. The van der Waals surface area contributed by atoms with Crippen molar-refractivity contribution in [2.75, 3.05) is 0 Å². The SMILES string of the molecule is O=C(O)C=CCC(C=CC(=O)O)CC=CC(=O)O. The minimum Gasteiger partial charge on any atom is -0.478 e. The lowest BCUT2D eigenvalue weighted by atomic mass is 10.00. The van der Waals surface area contributed by atoms with E-state index in [2.05, 4.69) is 0 Å². The van der Waals surface area contributed by atoms with Gasteiger partial charge in [0.15, 0.2) is 0 Å². The Balaban J connectivity index is 4.46. The molecule has 98 valence electrons. The zero-order valence-electron chi connectivity index (χ0n) is 9.52. The van der Waals surface area contributed by atoms with Crippen LogP contribution in [0.25, 0.3) is 0 Å². The fraction of sp³-hybridized carbons (Fsp3) is 0.250. The predicted molar refractivity (Wildman–Crippen MR) is 63.1 cm³/mol. The van der Waals surface area contributed by atoms with Gasteiger partial charge in [0.1, 0.15) is 0 Å². The summed E-state index contributed by atoms with van der Waals surface area (Å²) in [4.78, 5) is 30.9. The first-order valence-corrected chi connectivity index (χ1v) is 5.12. The number of carbonyl (C=O) groups is 3. The van der Waals surface area contributed by atoms with Crippen LogP contribution in [0, 0.1) is 5.92 Å². The van der Waals surface area contributed by atoms with E-state index in [1.54, 1.807) is 0 Å². The van der Waals surface area contributed by atoms with Crippen molar-refractivity contribution in [3.8, 4) is 0 Å². The molecule has 0 radical (unpaired) electrons. The van der Waals surface area contributed by atoms with Gasteiger partial charge in [-0.15, -0.1) is 0 Å². The second kappa shape index (κ2) is 8.74. The summed E-state index contributed by atoms with van der Waals surface area (Å²) in [5.74, 6) is -3.54. The van der Waals surface area contributed by atoms with Crippen LogP contribution in [0.2, 0.25) is 0 Å². The minimum atomic E-state index is -1.11. The molecule has 0 saturated heterocycles. The van der Waals surface area contributed by atoms with Crippen LogP contribution in [0.1, 0.15) is 12.8 Å². The number of rotatable bonds is 8. The normalized spacial score (nSPS) is 13.3. The lowest BCUT2D eigenvalue weighted by Crippen LogP contribution is -1.97. The van der Waals surface area contributed by atoms with Crippen molar-refractivity contribution in [3.63, 3.8) is 0 Å². The minimum absolute atomic E-state index is 0.257. The molecule has 0 amide bonds. The summed E-state index contributed by atoms with van der Waals surface area (Å²) < 4.78 is 0. The fourth-order valence-corrected chi connectivity index (χ4v) is 1.16. The van der Waals surface area contributed by atoms with Crippen LogP contribution in [0.5, 0.6) is 0 Å². The van der Waals surface area contributed by atoms with Crippen molar-refractivity contribution in [2.24, 2.45) is 5.92 Å². The van der Waals surface area contributed by atoms with Crippen molar-refractivity contribution in [3.05, 3.63) is 36.5 Å². The predicted octanol–water partition coefficient (Wildman–Crippen LogP) is 1.31. The summed E-state index contributed by atoms with van der Waals surface area (Å²) in [5.41, 5.74) is 0. The van der Waals surface area contributed by atoms with Crippen LogP contribution < -0.4 is 0 Å². The highest BCUT2D eigenvalue weighted by molar-refractivity contribution is 5.80. The van der Waals surface area contributed by atoms with E-state index in [-0.39, 0.29) is 5.92 Å².